The fourth-order valence-electron chi connectivity index (χ4n) is 1.49. The smallest absolute Gasteiger partial charge is 0.167 e. The largest absolute Gasteiger partial charge is 0.493 e. The number of rotatable bonds is 6. The molecule has 4 heteroatoms. The first-order valence-electron chi connectivity index (χ1n) is 5.25. The average Bonchev–Trinajstić information content (AvgIpc) is 2.37. The van der Waals surface area contributed by atoms with E-state index < -0.39 is 0 Å². The first-order valence-corrected chi connectivity index (χ1v) is 5.88. The van der Waals surface area contributed by atoms with Gasteiger partial charge in [0.05, 0.1) is 14.2 Å². The van der Waals surface area contributed by atoms with Gasteiger partial charge < -0.3 is 9.47 Å². The number of methoxy groups -OCH3 is 2. The monoisotopic (exact) mass is 252 g/mol. The zero-order chi connectivity index (χ0) is 12.7. The van der Waals surface area contributed by atoms with Gasteiger partial charge in [-0.3, -0.25) is 4.79 Å². The Morgan fingerprint density at radius 3 is 2.59 bits per heavy atom. The first-order chi connectivity index (χ1) is 8.26. The van der Waals surface area contributed by atoms with Gasteiger partial charge in [-0.25, -0.2) is 0 Å². The van der Waals surface area contributed by atoms with Crippen LogP contribution in [0.15, 0.2) is 18.2 Å². The summed E-state index contributed by atoms with van der Waals surface area (Å²) in [5, 5.41) is 0. The van der Waals surface area contributed by atoms with Gasteiger partial charge in [0.25, 0.3) is 0 Å². The van der Waals surface area contributed by atoms with Gasteiger partial charge in [-0.2, -0.15) is 12.6 Å². The lowest BCUT2D eigenvalue weighted by atomic mass is 10.1. The van der Waals surface area contributed by atoms with E-state index in [1.807, 2.05) is 12.2 Å². The molecule has 0 heterocycles. The van der Waals surface area contributed by atoms with Gasteiger partial charge in [0, 0.05) is 11.1 Å². The second kappa shape index (κ2) is 7.01. The molecule has 0 radical (unpaired) electrons. The minimum atomic E-state index is 0.558. The van der Waals surface area contributed by atoms with Crippen molar-refractivity contribution >= 4 is 25.0 Å². The SMILES string of the molecule is COc1cc(C=O)cc(C=CCCS)c1OC. The molecule has 0 bridgehead atoms. The Bertz CT molecular complexity index is 413. The van der Waals surface area contributed by atoms with Crippen LogP contribution in [0.3, 0.4) is 0 Å². The number of carbonyl (C=O) groups excluding carboxylic acids is 1. The number of allylic oxidation sites excluding steroid dienone is 1. The molecule has 0 amide bonds. The lowest BCUT2D eigenvalue weighted by Gasteiger charge is -2.11. The predicted molar refractivity (Wildman–Crippen MR) is 72.4 cm³/mol. The molecule has 0 atom stereocenters. The highest BCUT2D eigenvalue weighted by Crippen LogP contribution is 2.33. The molecule has 1 rings (SSSR count). The van der Waals surface area contributed by atoms with Crippen LogP contribution in [0, 0.1) is 0 Å². The standard InChI is InChI=1S/C13H16O3S/c1-15-12-8-10(9-14)7-11(13(12)16-2)5-3-4-6-17/h3,5,7-9,17H,4,6H2,1-2H3. The minimum absolute atomic E-state index is 0.558. The van der Waals surface area contributed by atoms with Crippen LogP contribution in [-0.4, -0.2) is 26.3 Å². The zero-order valence-corrected chi connectivity index (χ0v) is 10.9. The fraction of sp³-hybridized carbons (Fsp3) is 0.308. The number of aldehydes is 1. The zero-order valence-electron chi connectivity index (χ0n) is 9.97. The molecule has 92 valence electrons. The second-order valence-corrected chi connectivity index (χ2v) is 3.83. The quantitative estimate of drug-likeness (QED) is 0.624. The van der Waals surface area contributed by atoms with Crippen LogP contribution >= 0.6 is 12.6 Å². The van der Waals surface area contributed by atoms with Crippen molar-refractivity contribution < 1.29 is 14.3 Å². The maximum absolute atomic E-state index is 10.8. The van der Waals surface area contributed by atoms with E-state index in [4.69, 9.17) is 9.47 Å². The molecule has 0 aliphatic rings. The summed E-state index contributed by atoms with van der Waals surface area (Å²) in [6.45, 7) is 0. The number of benzene rings is 1. The molecule has 0 saturated carbocycles. The third kappa shape index (κ3) is 3.53. The van der Waals surface area contributed by atoms with Gasteiger partial charge in [-0.05, 0) is 24.3 Å². The Labute approximate surface area is 107 Å². The molecule has 3 nitrogen and oxygen atoms in total. The summed E-state index contributed by atoms with van der Waals surface area (Å²) in [4.78, 5) is 10.8. The molecule has 0 aliphatic carbocycles. The molecule has 0 unspecified atom stereocenters. The Kier molecular flexibility index (Phi) is 5.63. The van der Waals surface area contributed by atoms with Crippen LogP contribution in [0.25, 0.3) is 6.08 Å². The number of thiol groups is 1. The molecule has 0 aromatic heterocycles. The fourth-order valence-corrected chi connectivity index (χ4v) is 1.64. The van der Waals surface area contributed by atoms with Crippen molar-refractivity contribution in [3.05, 3.63) is 29.3 Å². The highest BCUT2D eigenvalue weighted by atomic mass is 32.1. The van der Waals surface area contributed by atoms with Crippen molar-refractivity contribution in [2.24, 2.45) is 0 Å². The molecule has 0 spiro atoms. The van der Waals surface area contributed by atoms with Gasteiger partial charge >= 0.3 is 0 Å². The summed E-state index contributed by atoms with van der Waals surface area (Å²) in [7, 11) is 3.13. The van der Waals surface area contributed by atoms with E-state index in [0.717, 1.165) is 24.0 Å². The van der Waals surface area contributed by atoms with E-state index in [-0.39, 0.29) is 0 Å². The molecule has 0 fully saturated rings. The van der Waals surface area contributed by atoms with Crippen LogP contribution in [0.5, 0.6) is 11.5 Å². The van der Waals surface area contributed by atoms with E-state index in [9.17, 15) is 4.79 Å². The van der Waals surface area contributed by atoms with Gasteiger partial charge in [-0.1, -0.05) is 12.2 Å². The van der Waals surface area contributed by atoms with Crippen molar-refractivity contribution in [1.82, 2.24) is 0 Å². The number of hydrogen-bond acceptors (Lipinski definition) is 4. The van der Waals surface area contributed by atoms with Crippen molar-refractivity contribution in [2.45, 2.75) is 6.42 Å². The normalized spacial score (nSPS) is 10.5. The minimum Gasteiger partial charge on any atom is -0.493 e. The third-order valence-electron chi connectivity index (χ3n) is 2.26. The molecular weight excluding hydrogens is 236 g/mol. The van der Waals surface area contributed by atoms with E-state index in [2.05, 4.69) is 12.6 Å². The van der Waals surface area contributed by atoms with Gasteiger partial charge in [0.1, 0.15) is 6.29 Å². The first kappa shape index (κ1) is 13.6. The third-order valence-corrected chi connectivity index (χ3v) is 2.52. The van der Waals surface area contributed by atoms with E-state index in [1.54, 1.807) is 26.4 Å². The Balaban J connectivity index is 3.19. The Morgan fingerprint density at radius 2 is 2.06 bits per heavy atom. The van der Waals surface area contributed by atoms with Crippen LogP contribution in [0.2, 0.25) is 0 Å². The highest BCUT2D eigenvalue weighted by Gasteiger charge is 2.09. The number of ether oxygens (including phenoxy) is 2. The Morgan fingerprint density at radius 1 is 1.29 bits per heavy atom. The van der Waals surface area contributed by atoms with Gasteiger partial charge in [-0.15, -0.1) is 0 Å². The van der Waals surface area contributed by atoms with Gasteiger partial charge in [0.15, 0.2) is 11.5 Å². The summed E-state index contributed by atoms with van der Waals surface area (Å²) >= 11 is 4.13. The van der Waals surface area contributed by atoms with Crippen molar-refractivity contribution in [3.63, 3.8) is 0 Å². The highest BCUT2D eigenvalue weighted by molar-refractivity contribution is 7.80. The summed E-state index contributed by atoms with van der Waals surface area (Å²) < 4.78 is 10.5. The van der Waals surface area contributed by atoms with E-state index in [1.165, 1.54) is 0 Å². The summed E-state index contributed by atoms with van der Waals surface area (Å²) in [6, 6.07) is 3.42. The molecule has 1 aromatic carbocycles. The average molecular weight is 252 g/mol. The number of carbonyl (C=O) groups is 1. The van der Waals surface area contributed by atoms with E-state index >= 15 is 0 Å². The van der Waals surface area contributed by atoms with Crippen molar-refractivity contribution in [3.8, 4) is 11.5 Å². The summed E-state index contributed by atoms with van der Waals surface area (Å²) in [6.07, 6.45) is 5.54. The Hall–Kier alpha value is -1.42. The topological polar surface area (TPSA) is 35.5 Å². The molecule has 0 N–H and O–H groups in total. The lowest BCUT2D eigenvalue weighted by molar-refractivity contribution is 0.112. The van der Waals surface area contributed by atoms with Crippen molar-refractivity contribution in [1.29, 1.82) is 0 Å². The van der Waals surface area contributed by atoms with Crippen LogP contribution < -0.4 is 9.47 Å². The molecule has 0 aliphatic heterocycles. The van der Waals surface area contributed by atoms with Gasteiger partial charge in [0.2, 0.25) is 0 Å². The molecule has 0 saturated heterocycles. The second-order valence-electron chi connectivity index (χ2n) is 3.38. The molecule has 17 heavy (non-hydrogen) atoms. The van der Waals surface area contributed by atoms with Crippen molar-refractivity contribution in [2.75, 3.05) is 20.0 Å². The lowest BCUT2D eigenvalue weighted by Crippen LogP contribution is -1.95. The maximum atomic E-state index is 10.8. The molecule has 1 aromatic rings. The van der Waals surface area contributed by atoms with Crippen LogP contribution in [0.4, 0.5) is 0 Å². The predicted octanol–water partition coefficient (Wildman–Crippen LogP) is 2.85. The molecular formula is C13H16O3S. The summed E-state index contributed by atoms with van der Waals surface area (Å²) in [5.74, 6) is 1.97. The maximum Gasteiger partial charge on any atom is 0.167 e. The van der Waals surface area contributed by atoms with Crippen LogP contribution in [0.1, 0.15) is 22.3 Å². The van der Waals surface area contributed by atoms with E-state index in [0.29, 0.717) is 17.1 Å². The van der Waals surface area contributed by atoms with Crippen LogP contribution in [-0.2, 0) is 0 Å². The number of hydrogen-bond donors (Lipinski definition) is 1. The summed E-state index contributed by atoms with van der Waals surface area (Å²) in [5.41, 5.74) is 1.39.